The molecule has 148 valence electrons. The number of fused-ring (bicyclic) bond motifs is 1. The zero-order valence-corrected chi connectivity index (χ0v) is 16.1. The van der Waals surface area contributed by atoms with E-state index >= 15 is 0 Å². The average Bonchev–Trinajstić information content (AvgIpc) is 3.21. The average molecular weight is 382 g/mol. The van der Waals surface area contributed by atoms with E-state index in [1.165, 1.54) is 5.56 Å². The van der Waals surface area contributed by atoms with Crippen LogP contribution in [0.3, 0.4) is 0 Å². The molecule has 7 heteroatoms. The highest BCUT2D eigenvalue weighted by atomic mass is 16.7. The molecule has 3 heterocycles. The van der Waals surface area contributed by atoms with Crippen molar-refractivity contribution in [3.05, 3.63) is 48.3 Å². The lowest BCUT2D eigenvalue weighted by Crippen LogP contribution is -2.50. The van der Waals surface area contributed by atoms with Gasteiger partial charge in [-0.15, -0.1) is 0 Å². The van der Waals surface area contributed by atoms with Gasteiger partial charge in [0.2, 0.25) is 6.79 Å². The van der Waals surface area contributed by atoms with E-state index in [9.17, 15) is 4.79 Å². The van der Waals surface area contributed by atoms with Crippen molar-refractivity contribution in [3.8, 4) is 11.5 Å². The number of ether oxygens (including phenoxy) is 2. The fourth-order valence-corrected chi connectivity index (χ4v) is 3.84. The lowest BCUT2D eigenvalue weighted by atomic mass is 10.0. The van der Waals surface area contributed by atoms with Crippen LogP contribution in [0.1, 0.15) is 25.3 Å². The number of nitrogens with one attached hydrogen (secondary N) is 1. The zero-order chi connectivity index (χ0) is 19.3. The molecule has 28 heavy (non-hydrogen) atoms. The molecular formula is C21H26N4O3. The van der Waals surface area contributed by atoms with E-state index < -0.39 is 0 Å². The molecule has 0 saturated carbocycles. The lowest BCUT2D eigenvalue weighted by molar-refractivity contribution is 0.112. The number of likely N-dealkylation sites (tertiary alicyclic amines) is 1. The van der Waals surface area contributed by atoms with Crippen LogP contribution in [-0.4, -0.2) is 53.3 Å². The summed E-state index contributed by atoms with van der Waals surface area (Å²) in [6, 6.07) is 9.87. The van der Waals surface area contributed by atoms with Crippen molar-refractivity contribution in [1.29, 1.82) is 0 Å². The van der Waals surface area contributed by atoms with Crippen LogP contribution >= 0.6 is 0 Å². The van der Waals surface area contributed by atoms with Crippen molar-refractivity contribution in [2.75, 3.05) is 31.7 Å². The standard InChI is InChI=1S/C21H26N4O3/c1-2-24(13-16-7-9-22-10-8-16)18-4-3-11-25(14-18)21(26)23-17-5-6-19-20(12-17)28-15-27-19/h5-10,12,18H,2-4,11,13-15H2,1H3,(H,23,26). The predicted octanol–water partition coefficient (Wildman–Crippen LogP) is 3.33. The Morgan fingerprint density at radius 2 is 2.07 bits per heavy atom. The number of hydrogen-bond donors (Lipinski definition) is 1. The van der Waals surface area contributed by atoms with Crippen LogP contribution in [0.15, 0.2) is 42.7 Å². The first-order valence-corrected chi connectivity index (χ1v) is 9.81. The van der Waals surface area contributed by atoms with Crippen LogP contribution in [0.2, 0.25) is 0 Å². The molecule has 4 rings (SSSR count). The van der Waals surface area contributed by atoms with Gasteiger partial charge in [0.25, 0.3) is 0 Å². The predicted molar refractivity (Wildman–Crippen MR) is 106 cm³/mol. The molecule has 2 aromatic rings. The van der Waals surface area contributed by atoms with E-state index in [4.69, 9.17) is 9.47 Å². The number of pyridine rings is 1. The molecule has 0 bridgehead atoms. The molecule has 1 atom stereocenters. The van der Waals surface area contributed by atoms with Crippen LogP contribution in [-0.2, 0) is 6.54 Å². The van der Waals surface area contributed by atoms with Gasteiger partial charge in [-0.2, -0.15) is 0 Å². The van der Waals surface area contributed by atoms with E-state index in [1.54, 1.807) is 0 Å². The number of piperidine rings is 1. The third-order valence-electron chi connectivity index (χ3n) is 5.37. The van der Waals surface area contributed by atoms with Crippen molar-refractivity contribution in [1.82, 2.24) is 14.8 Å². The molecule has 1 N–H and O–H groups in total. The topological polar surface area (TPSA) is 66.9 Å². The summed E-state index contributed by atoms with van der Waals surface area (Å²) >= 11 is 0. The summed E-state index contributed by atoms with van der Waals surface area (Å²) < 4.78 is 10.7. The quantitative estimate of drug-likeness (QED) is 0.859. The van der Waals surface area contributed by atoms with Gasteiger partial charge >= 0.3 is 6.03 Å². The number of carbonyl (C=O) groups is 1. The van der Waals surface area contributed by atoms with Crippen molar-refractivity contribution in [2.45, 2.75) is 32.4 Å². The first-order valence-electron chi connectivity index (χ1n) is 9.81. The van der Waals surface area contributed by atoms with Gasteiger partial charge in [-0.3, -0.25) is 9.88 Å². The summed E-state index contributed by atoms with van der Waals surface area (Å²) in [6.45, 7) is 5.73. The van der Waals surface area contributed by atoms with Gasteiger partial charge in [0, 0.05) is 49.8 Å². The minimum absolute atomic E-state index is 0.0662. The fraction of sp³-hybridized carbons (Fsp3) is 0.429. The maximum atomic E-state index is 12.8. The molecule has 1 aromatic carbocycles. The summed E-state index contributed by atoms with van der Waals surface area (Å²) in [4.78, 5) is 21.2. The Morgan fingerprint density at radius 3 is 2.89 bits per heavy atom. The lowest BCUT2D eigenvalue weighted by Gasteiger charge is -2.39. The molecule has 0 aliphatic carbocycles. The van der Waals surface area contributed by atoms with Gasteiger partial charge in [0.1, 0.15) is 0 Å². The van der Waals surface area contributed by atoms with E-state index in [-0.39, 0.29) is 12.8 Å². The minimum Gasteiger partial charge on any atom is -0.454 e. The SMILES string of the molecule is CCN(Cc1ccncc1)C1CCCN(C(=O)Nc2ccc3c(c2)OCO3)C1. The smallest absolute Gasteiger partial charge is 0.321 e. The molecule has 2 aliphatic rings. The second-order valence-corrected chi connectivity index (χ2v) is 7.16. The van der Waals surface area contributed by atoms with Crippen LogP contribution < -0.4 is 14.8 Å². The van der Waals surface area contributed by atoms with Crippen molar-refractivity contribution in [2.24, 2.45) is 0 Å². The number of carbonyl (C=O) groups excluding carboxylic acids is 1. The summed E-state index contributed by atoms with van der Waals surface area (Å²) in [5.74, 6) is 1.38. The highest BCUT2D eigenvalue weighted by Gasteiger charge is 2.27. The van der Waals surface area contributed by atoms with Crippen LogP contribution in [0.4, 0.5) is 10.5 Å². The highest BCUT2D eigenvalue weighted by molar-refractivity contribution is 5.89. The molecular weight excluding hydrogens is 356 g/mol. The number of benzene rings is 1. The Morgan fingerprint density at radius 1 is 1.25 bits per heavy atom. The monoisotopic (exact) mass is 382 g/mol. The maximum absolute atomic E-state index is 12.8. The first kappa shape index (κ1) is 18.6. The molecule has 1 fully saturated rings. The minimum atomic E-state index is -0.0662. The fourth-order valence-electron chi connectivity index (χ4n) is 3.84. The molecule has 1 saturated heterocycles. The van der Waals surface area contributed by atoms with Crippen molar-refractivity contribution >= 4 is 11.7 Å². The Labute approximate surface area is 165 Å². The first-order chi connectivity index (χ1) is 13.7. The van der Waals surface area contributed by atoms with Gasteiger partial charge in [-0.1, -0.05) is 6.92 Å². The molecule has 7 nitrogen and oxygen atoms in total. The Bertz CT molecular complexity index is 815. The highest BCUT2D eigenvalue weighted by Crippen LogP contribution is 2.34. The van der Waals surface area contributed by atoms with Gasteiger partial charge in [0.05, 0.1) is 0 Å². The number of aromatic nitrogens is 1. The number of hydrogen-bond acceptors (Lipinski definition) is 5. The van der Waals surface area contributed by atoms with E-state index in [2.05, 4.69) is 34.3 Å². The van der Waals surface area contributed by atoms with Gasteiger partial charge < -0.3 is 19.7 Å². The maximum Gasteiger partial charge on any atom is 0.321 e. The van der Waals surface area contributed by atoms with Crippen LogP contribution in [0, 0.1) is 0 Å². The van der Waals surface area contributed by atoms with E-state index in [1.807, 2.05) is 35.5 Å². The summed E-state index contributed by atoms with van der Waals surface area (Å²) in [5.41, 5.74) is 1.97. The largest absolute Gasteiger partial charge is 0.454 e. The summed E-state index contributed by atoms with van der Waals surface area (Å²) in [6.07, 6.45) is 5.77. The molecule has 0 radical (unpaired) electrons. The number of urea groups is 1. The van der Waals surface area contributed by atoms with E-state index in [0.717, 1.165) is 44.7 Å². The third kappa shape index (κ3) is 4.20. The molecule has 2 aliphatic heterocycles. The number of nitrogens with zero attached hydrogens (tertiary/aromatic N) is 3. The van der Waals surface area contributed by atoms with Gasteiger partial charge in [-0.25, -0.2) is 4.79 Å². The summed E-state index contributed by atoms with van der Waals surface area (Å²) in [7, 11) is 0. The Kier molecular flexibility index (Phi) is 5.62. The number of anilines is 1. The number of amides is 2. The number of rotatable bonds is 5. The van der Waals surface area contributed by atoms with E-state index in [0.29, 0.717) is 17.5 Å². The Hall–Kier alpha value is -2.80. The zero-order valence-electron chi connectivity index (χ0n) is 16.1. The second-order valence-electron chi connectivity index (χ2n) is 7.16. The molecule has 1 unspecified atom stereocenters. The molecule has 2 amide bonds. The van der Waals surface area contributed by atoms with Crippen molar-refractivity contribution in [3.63, 3.8) is 0 Å². The number of likely N-dealkylation sites (N-methyl/N-ethyl adjacent to an activating group) is 1. The van der Waals surface area contributed by atoms with Gasteiger partial charge in [-0.05, 0) is 49.2 Å². The second kappa shape index (κ2) is 8.48. The third-order valence-corrected chi connectivity index (χ3v) is 5.37. The Balaban J connectivity index is 1.37. The van der Waals surface area contributed by atoms with Gasteiger partial charge in [0.15, 0.2) is 11.5 Å². The van der Waals surface area contributed by atoms with Crippen LogP contribution in [0.25, 0.3) is 0 Å². The normalized spacial score (nSPS) is 18.4. The summed E-state index contributed by atoms with van der Waals surface area (Å²) in [5, 5.41) is 2.99. The van der Waals surface area contributed by atoms with Crippen molar-refractivity contribution < 1.29 is 14.3 Å². The van der Waals surface area contributed by atoms with Crippen LogP contribution in [0.5, 0.6) is 11.5 Å². The molecule has 1 aromatic heterocycles. The molecule has 0 spiro atoms.